The lowest BCUT2D eigenvalue weighted by atomic mass is 10.1. The van der Waals surface area contributed by atoms with Crippen LogP contribution in [0.4, 0.5) is 0 Å². The molecule has 120 valence electrons. The zero-order valence-corrected chi connectivity index (χ0v) is 17.0. The van der Waals surface area contributed by atoms with Crippen molar-refractivity contribution in [3.05, 3.63) is 46.6 Å². The van der Waals surface area contributed by atoms with E-state index in [1.54, 1.807) is 0 Å². The highest BCUT2D eigenvalue weighted by Gasteiger charge is 1.99. The van der Waals surface area contributed by atoms with Crippen LogP contribution >= 0.6 is 22.6 Å². The number of hydrogen-bond donors (Lipinski definition) is 0. The van der Waals surface area contributed by atoms with Gasteiger partial charge in [0, 0.05) is 3.92 Å². The highest BCUT2D eigenvalue weighted by molar-refractivity contribution is 14.1. The predicted molar refractivity (Wildman–Crippen MR) is 107 cm³/mol. The van der Waals surface area contributed by atoms with Gasteiger partial charge in [-0.25, -0.2) is 0 Å². The molecule has 0 aliphatic carbocycles. The molecular weight excluding hydrogens is 367 g/mol. The third kappa shape index (κ3) is 14.4. The summed E-state index contributed by atoms with van der Waals surface area (Å²) in [7, 11) is 0. The van der Waals surface area contributed by atoms with Crippen LogP contribution in [-0.2, 0) is 0 Å². The van der Waals surface area contributed by atoms with Gasteiger partial charge in [0.2, 0.25) is 0 Å². The van der Waals surface area contributed by atoms with Crippen molar-refractivity contribution >= 4 is 22.6 Å². The van der Waals surface area contributed by atoms with E-state index in [0.717, 1.165) is 6.42 Å². The fourth-order valence-electron chi connectivity index (χ4n) is 2.05. The van der Waals surface area contributed by atoms with Gasteiger partial charge < -0.3 is 0 Å². The number of halogens is 1. The molecule has 0 bridgehead atoms. The van der Waals surface area contributed by atoms with Gasteiger partial charge in [0.05, 0.1) is 0 Å². The summed E-state index contributed by atoms with van der Waals surface area (Å²) in [5, 5.41) is 0. The summed E-state index contributed by atoms with van der Waals surface area (Å²) in [6, 6.07) is 0. The highest BCUT2D eigenvalue weighted by atomic mass is 127. The molecule has 0 aliphatic heterocycles. The van der Waals surface area contributed by atoms with Gasteiger partial charge in [0.1, 0.15) is 0 Å². The van der Waals surface area contributed by atoms with Crippen molar-refractivity contribution < 1.29 is 0 Å². The maximum atomic E-state index is 2.56. The van der Waals surface area contributed by atoms with Gasteiger partial charge in [-0.15, -0.1) is 0 Å². The van der Waals surface area contributed by atoms with E-state index in [1.807, 2.05) is 0 Å². The summed E-state index contributed by atoms with van der Waals surface area (Å²) >= 11 is 2.56. The minimum atomic E-state index is 0.618. The van der Waals surface area contributed by atoms with Crippen LogP contribution < -0.4 is 0 Å². The Hall–Kier alpha value is -0.310. The van der Waals surface area contributed by atoms with Gasteiger partial charge in [-0.3, -0.25) is 0 Å². The van der Waals surface area contributed by atoms with E-state index in [-0.39, 0.29) is 0 Å². The topological polar surface area (TPSA) is 0 Å². The van der Waals surface area contributed by atoms with Gasteiger partial charge >= 0.3 is 0 Å². The zero-order chi connectivity index (χ0) is 16.3. The van der Waals surface area contributed by atoms with E-state index in [2.05, 4.69) is 88.4 Å². The largest absolute Gasteiger partial charge is 0.0856 e. The third-order valence-electron chi connectivity index (χ3n) is 3.34. The van der Waals surface area contributed by atoms with Crippen molar-refractivity contribution in [1.29, 1.82) is 0 Å². The van der Waals surface area contributed by atoms with E-state index < -0.39 is 0 Å². The Morgan fingerprint density at radius 1 is 0.762 bits per heavy atom. The van der Waals surface area contributed by atoms with E-state index in [1.165, 1.54) is 48.0 Å². The van der Waals surface area contributed by atoms with Crippen LogP contribution in [0.3, 0.4) is 0 Å². The summed E-state index contributed by atoms with van der Waals surface area (Å²) in [6.07, 6.45) is 15.4. The van der Waals surface area contributed by atoms with E-state index in [9.17, 15) is 0 Å². The highest BCUT2D eigenvalue weighted by Crippen LogP contribution is 2.17. The number of hydrogen-bond acceptors (Lipinski definition) is 0. The fourth-order valence-corrected chi connectivity index (χ4v) is 2.92. The Balaban J connectivity index is 4.14. The summed E-state index contributed by atoms with van der Waals surface area (Å²) in [4.78, 5) is 0. The van der Waals surface area contributed by atoms with E-state index in [0.29, 0.717) is 3.92 Å². The molecule has 1 atom stereocenters. The molecule has 1 heteroatoms. The zero-order valence-electron chi connectivity index (χ0n) is 14.8. The average Bonchev–Trinajstić information content (AvgIpc) is 2.35. The molecule has 0 radical (unpaired) electrons. The van der Waals surface area contributed by atoms with Gasteiger partial charge in [0.25, 0.3) is 0 Å². The molecule has 0 aromatic heterocycles. The van der Waals surface area contributed by atoms with Crippen LogP contribution in [0.5, 0.6) is 0 Å². The molecule has 0 spiro atoms. The first-order valence-electron chi connectivity index (χ1n) is 8.05. The number of rotatable bonds is 9. The van der Waals surface area contributed by atoms with Gasteiger partial charge in [-0.2, -0.15) is 0 Å². The van der Waals surface area contributed by atoms with Crippen LogP contribution in [0.1, 0.15) is 73.6 Å². The lowest BCUT2D eigenvalue weighted by molar-refractivity contribution is 0.930. The second kappa shape index (κ2) is 12.3. The first-order valence-corrected chi connectivity index (χ1v) is 9.29. The van der Waals surface area contributed by atoms with Crippen molar-refractivity contribution in [2.45, 2.75) is 77.6 Å². The molecule has 0 aliphatic rings. The van der Waals surface area contributed by atoms with Crippen molar-refractivity contribution in [1.82, 2.24) is 0 Å². The summed E-state index contributed by atoms with van der Waals surface area (Å²) in [5.74, 6) is 0. The standard InChI is InChI=1S/C20H33I/c1-16(2)9-7-11-18(5)13-14-20(21)15-19(6)12-8-10-17(3)4/h9-10,13,15,20H,7-8,11-12,14H2,1-6H3/b18-13+,19-15+. The number of allylic oxidation sites excluding steroid dienone is 8. The van der Waals surface area contributed by atoms with Crippen LogP contribution in [0.15, 0.2) is 46.6 Å². The summed E-state index contributed by atoms with van der Waals surface area (Å²) in [6.45, 7) is 13.2. The van der Waals surface area contributed by atoms with Crippen molar-refractivity contribution in [3.8, 4) is 0 Å². The Kier molecular flexibility index (Phi) is 12.1. The molecule has 0 saturated carbocycles. The smallest absolute Gasteiger partial charge is 0.0326 e. The molecule has 0 rings (SSSR count). The van der Waals surface area contributed by atoms with Crippen LogP contribution in [0.2, 0.25) is 0 Å². The quantitative estimate of drug-likeness (QED) is 0.213. The normalized spacial score (nSPS) is 13.9. The first kappa shape index (κ1) is 20.7. The molecule has 0 amide bonds. The Labute approximate surface area is 146 Å². The maximum absolute atomic E-state index is 2.56. The summed E-state index contributed by atoms with van der Waals surface area (Å²) < 4.78 is 0.618. The van der Waals surface area contributed by atoms with Crippen LogP contribution in [0.25, 0.3) is 0 Å². The van der Waals surface area contributed by atoms with Crippen LogP contribution in [0, 0.1) is 0 Å². The van der Waals surface area contributed by atoms with E-state index >= 15 is 0 Å². The Morgan fingerprint density at radius 3 is 1.71 bits per heavy atom. The molecule has 21 heavy (non-hydrogen) atoms. The Morgan fingerprint density at radius 2 is 1.24 bits per heavy atom. The molecule has 0 fully saturated rings. The molecule has 0 N–H and O–H groups in total. The third-order valence-corrected chi connectivity index (χ3v) is 4.21. The molecule has 0 aromatic rings. The second-order valence-electron chi connectivity index (χ2n) is 6.46. The minimum Gasteiger partial charge on any atom is -0.0856 e. The molecule has 0 heterocycles. The lowest BCUT2D eigenvalue weighted by Gasteiger charge is -2.06. The van der Waals surface area contributed by atoms with Crippen molar-refractivity contribution in [3.63, 3.8) is 0 Å². The number of alkyl halides is 1. The molecular formula is C20H33I. The minimum absolute atomic E-state index is 0.618. The molecule has 0 saturated heterocycles. The first-order chi connectivity index (χ1) is 9.81. The predicted octanol–water partition coefficient (Wildman–Crippen LogP) is 7.57. The molecule has 0 nitrogen and oxygen atoms in total. The lowest BCUT2D eigenvalue weighted by Crippen LogP contribution is -1.93. The fraction of sp³-hybridized carbons (Fsp3) is 0.600. The van der Waals surface area contributed by atoms with Crippen LogP contribution in [-0.4, -0.2) is 3.92 Å². The van der Waals surface area contributed by atoms with Crippen molar-refractivity contribution in [2.75, 3.05) is 0 Å². The van der Waals surface area contributed by atoms with Gasteiger partial charge in [0.15, 0.2) is 0 Å². The Bertz CT molecular complexity index is 400. The van der Waals surface area contributed by atoms with Crippen molar-refractivity contribution in [2.24, 2.45) is 0 Å². The molecule has 0 aromatic carbocycles. The average molecular weight is 400 g/mol. The summed E-state index contributed by atoms with van der Waals surface area (Å²) in [5.41, 5.74) is 5.88. The van der Waals surface area contributed by atoms with Gasteiger partial charge in [-0.1, -0.05) is 69.2 Å². The maximum Gasteiger partial charge on any atom is 0.0326 e. The van der Waals surface area contributed by atoms with E-state index in [4.69, 9.17) is 0 Å². The SMILES string of the molecule is CC(C)=CCC/C(C)=C/CC(I)/C=C(\C)CCC=C(C)C. The second-order valence-corrected chi connectivity index (χ2v) is 8.06. The monoisotopic (exact) mass is 400 g/mol. The van der Waals surface area contributed by atoms with Gasteiger partial charge in [-0.05, 0) is 73.6 Å². The molecule has 1 unspecified atom stereocenters.